The minimum absolute atomic E-state index is 0.152. The number of hydrogen-bond acceptors (Lipinski definition) is 7. The summed E-state index contributed by atoms with van der Waals surface area (Å²) in [5.41, 5.74) is 1.44. The third kappa shape index (κ3) is 4.66. The van der Waals surface area contributed by atoms with Crippen LogP contribution in [0.15, 0.2) is 82.3 Å². The first-order valence-electron chi connectivity index (χ1n) is 9.35. The Kier molecular flexibility index (Phi) is 5.71. The molecule has 9 nitrogen and oxygen atoms in total. The van der Waals surface area contributed by atoms with Gasteiger partial charge in [0, 0.05) is 11.1 Å². The Labute approximate surface area is 182 Å². The fourth-order valence-corrected chi connectivity index (χ4v) is 3.61. The number of esters is 1. The number of benzene rings is 2. The number of carbonyl (C=O) groups is 2. The summed E-state index contributed by atoms with van der Waals surface area (Å²) in [6.45, 7) is -0.578. The number of anilines is 1. The van der Waals surface area contributed by atoms with Gasteiger partial charge in [0.25, 0.3) is 5.91 Å². The van der Waals surface area contributed by atoms with Crippen LogP contribution in [-0.4, -0.2) is 31.9 Å². The molecule has 0 atom stereocenters. The van der Waals surface area contributed by atoms with E-state index in [-0.39, 0.29) is 16.1 Å². The molecule has 0 saturated heterocycles. The minimum atomic E-state index is -3.92. The van der Waals surface area contributed by atoms with E-state index in [0.717, 1.165) is 0 Å². The summed E-state index contributed by atoms with van der Waals surface area (Å²) < 4.78 is 33.5. The van der Waals surface area contributed by atoms with E-state index >= 15 is 0 Å². The number of hydrogen-bond donors (Lipinski definition) is 2. The largest absolute Gasteiger partial charge is 0.463 e. The molecular weight excluding hydrogens is 434 g/mol. The summed E-state index contributed by atoms with van der Waals surface area (Å²) in [5.74, 6) is -0.878. The molecule has 32 heavy (non-hydrogen) atoms. The van der Waals surface area contributed by atoms with Gasteiger partial charge in [-0.15, -0.1) is 0 Å². The van der Waals surface area contributed by atoms with Gasteiger partial charge in [-0.3, -0.25) is 4.79 Å². The maximum atomic E-state index is 12.8. The monoisotopic (exact) mass is 451 g/mol. The lowest BCUT2D eigenvalue weighted by Gasteiger charge is -2.10. The van der Waals surface area contributed by atoms with Crippen LogP contribution in [-0.2, 0) is 19.6 Å². The van der Waals surface area contributed by atoms with Crippen molar-refractivity contribution in [3.05, 3.63) is 78.6 Å². The first-order valence-corrected chi connectivity index (χ1v) is 10.9. The third-order valence-electron chi connectivity index (χ3n) is 4.49. The van der Waals surface area contributed by atoms with Gasteiger partial charge < -0.3 is 14.5 Å². The lowest BCUT2D eigenvalue weighted by Crippen LogP contribution is -2.21. The number of aromatic nitrogens is 1. The molecule has 0 aliphatic heterocycles. The van der Waals surface area contributed by atoms with Crippen LogP contribution in [0.25, 0.3) is 22.4 Å². The minimum Gasteiger partial charge on any atom is -0.463 e. The number of nitrogens with one attached hydrogen (secondary N) is 1. The molecule has 0 aliphatic carbocycles. The van der Waals surface area contributed by atoms with E-state index in [2.05, 4.69) is 10.3 Å². The number of sulfonamides is 1. The number of para-hydroxylation sites is 1. The molecular formula is C22H17N3O6S. The van der Waals surface area contributed by atoms with Crippen molar-refractivity contribution in [3.8, 4) is 11.5 Å². The van der Waals surface area contributed by atoms with Crippen molar-refractivity contribution < 1.29 is 27.2 Å². The highest BCUT2D eigenvalue weighted by Crippen LogP contribution is 2.25. The molecule has 0 radical (unpaired) electrons. The Bertz CT molecular complexity index is 1410. The van der Waals surface area contributed by atoms with Crippen molar-refractivity contribution >= 4 is 38.5 Å². The Balaban J connectivity index is 1.51. The lowest BCUT2D eigenvalue weighted by atomic mass is 10.1. The fraction of sp³-hybridized carbons (Fsp3) is 0.0455. The Morgan fingerprint density at radius 2 is 1.84 bits per heavy atom. The van der Waals surface area contributed by atoms with Crippen molar-refractivity contribution in [2.24, 2.45) is 5.14 Å². The zero-order valence-electron chi connectivity index (χ0n) is 16.5. The van der Waals surface area contributed by atoms with Crippen molar-refractivity contribution in [2.75, 3.05) is 11.9 Å². The molecule has 0 spiro atoms. The molecule has 0 unspecified atom stereocenters. The number of nitrogens with zero attached hydrogens (tertiary/aromatic N) is 1. The molecule has 3 N–H and O–H groups in total. The summed E-state index contributed by atoms with van der Waals surface area (Å²) >= 11 is 0. The maximum Gasteiger partial charge on any atom is 0.339 e. The normalized spacial score (nSPS) is 11.3. The van der Waals surface area contributed by atoms with Crippen LogP contribution in [0.1, 0.15) is 10.4 Å². The Hall–Kier alpha value is -4.02. The van der Waals surface area contributed by atoms with Gasteiger partial charge in [-0.2, -0.15) is 0 Å². The van der Waals surface area contributed by atoms with Gasteiger partial charge in [0.15, 0.2) is 12.4 Å². The van der Waals surface area contributed by atoms with Crippen LogP contribution in [0.2, 0.25) is 0 Å². The number of carbonyl (C=O) groups excluding carboxylic acids is 2. The van der Waals surface area contributed by atoms with Crippen LogP contribution in [0, 0.1) is 0 Å². The standard InChI is InChI=1S/C22H17N3O6S/c23-32(28,29)15-6-3-5-14(11-15)24-21(26)13-31-22(27)17-12-19(20-9-4-10-30-20)25-18-8-2-1-7-16(17)18/h1-12H,13H2,(H,24,26)(H2,23,28,29). The second-order valence-corrected chi connectivity index (χ2v) is 8.31. The average molecular weight is 451 g/mol. The third-order valence-corrected chi connectivity index (χ3v) is 5.40. The topological polar surface area (TPSA) is 142 Å². The molecule has 0 saturated carbocycles. The van der Waals surface area contributed by atoms with Gasteiger partial charge in [0.1, 0.15) is 5.69 Å². The van der Waals surface area contributed by atoms with Gasteiger partial charge >= 0.3 is 5.97 Å². The highest BCUT2D eigenvalue weighted by Gasteiger charge is 2.18. The predicted octanol–water partition coefficient (Wildman–Crippen LogP) is 2.94. The fourth-order valence-electron chi connectivity index (χ4n) is 3.05. The molecule has 0 fully saturated rings. The molecule has 2 aromatic heterocycles. The predicted molar refractivity (Wildman–Crippen MR) is 116 cm³/mol. The van der Waals surface area contributed by atoms with Gasteiger partial charge in [0.2, 0.25) is 10.0 Å². The van der Waals surface area contributed by atoms with Crippen molar-refractivity contribution in [2.45, 2.75) is 4.90 Å². The highest BCUT2D eigenvalue weighted by molar-refractivity contribution is 7.89. The molecule has 2 heterocycles. The smallest absolute Gasteiger partial charge is 0.339 e. The molecule has 4 aromatic rings. The van der Waals surface area contributed by atoms with E-state index in [1.165, 1.54) is 36.6 Å². The van der Waals surface area contributed by atoms with Gasteiger partial charge in [-0.25, -0.2) is 23.3 Å². The molecule has 2 aromatic carbocycles. The summed E-state index contributed by atoms with van der Waals surface area (Å²) in [6.07, 6.45) is 1.50. The lowest BCUT2D eigenvalue weighted by molar-refractivity contribution is -0.119. The van der Waals surface area contributed by atoms with E-state index in [0.29, 0.717) is 22.4 Å². The maximum absolute atomic E-state index is 12.8. The first kappa shape index (κ1) is 21.2. The second-order valence-electron chi connectivity index (χ2n) is 6.75. The van der Waals surface area contributed by atoms with E-state index in [1.54, 1.807) is 36.4 Å². The summed E-state index contributed by atoms with van der Waals surface area (Å²) in [5, 5.41) is 8.12. The number of pyridine rings is 1. The number of fused-ring (bicyclic) bond motifs is 1. The van der Waals surface area contributed by atoms with Crippen molar-refractivity contribution in [3.63, 3.8) is 0 Å². The van der Waals surface area contributed by atoms with Gasteiger partial charge in [0.05, 0.1) is 22.2 Å². The highest BCUT2D eigenvalue weighted by atomic mass is 32.2. The Morgan fingerprint density at radius 3 is 2.59 bits per heavy atom. The molecule has 10 heteroatoms. The summed E-state index contributed by atoms with van der Waals surface area (Å²) in [4.78, 5) is 29.3. The van der Waals surface area contributed by atoms with Crippen LogP contribution in [0.5, 0.6) is 0 Å². The number of rotatable bonds is 6. The molecule has 1 amide bonds. The number of primary sulfonamides is 1. The molecule has 0 aliphatic rings. The van der Waals surface area contributed by atoms with Crippen molar-refractivity contribution in [1.29, 1.82) is 0 Å². The van der Waals surface area contributed by atoms with E-state index in [9.17, 15) is 18.0 Å². The van der Waals surface area contributed by atoms with Crippen molar-refractivity contribution in [1.82, 2.24) is 4.98 Å². The van der Waals surface area contributed by atoms with E-state index in [1.807, 2.05) is 0 Å². The SMILES string of the molecule is NS(=O)(=O)c1cccc(NC(=O)COC(=O)c2cc(-c3ccco3)nc3ccccc23)c1. The summed E-state index contributed by atoms with van der Waals surface area (Å²) in [7, 11) is -3.92. The first-order chi connectivity index (χ1) is 15.3. The quantitative estimate of drug-likeness (QED) is 0.429. The van der Waals surface area contributed by atoms with Crippen LogP contribution in [0.4, 0.5) is 5.69 Å². The summed E-state index contributed by atoms with van der Waals surface area (Å²) in [6, 6.07) is 17.4. The number of furan rings is 1. The van der Waals surface area contributed by atoms with Crippen LogP contribution in [0.3, 0.4) is 0 Å². The zero-order valence-corrected chi connectivity index (χ0v) is 17.3. The Morgan fingerprint density at radius 1 is 1.03 bits per heavy atom. The number of nitrogens with two attached hydrogens (primary N) is 1. The number of ether oxygens (including phenoxy) is 1. The average Bonchev–Trinajstić information content (AvgIpc) is 3.31. The molecule has 0 bridgehead atoms. The van der Waals surface area contributed by atoms with Gasteiger partial charge in [-0.1, -0.05) is 24.3 Å². The van der Waals surface area contributed by atoms with Gasteiger partial charge in [-0.05, 0) is 42.5 Å². The van der Waals surface area contributed by atoms with E-state index < -0.39 is 28.5 Å². The number of amides is 1. The molecule has 4 rings (SSSR count). The van der Waals surface area contributed by atoms with Crippen LogP contribution < -0.4 is 10.5 Å². The molecule has 162 valence electrons. The van der Waals surface area contributed by atoms with E-state index in [4.69, 9.17) is 14.3 Å². The second kappa shape index (κ2) is 8.61. The van der Waals surface area contributed by atoms with Crippen LogP contribution >= 0.6 is 0 Å². The zero-order chi connectivity index (χ0) is 22.7.